The fraction of sp³-hybridized carbons (Fsp3) is 0.130. The molecule has 0 aliphatic heterocycles. The van der Waals surface area contributed by atoms with E-state index in [0.717, 1.165) is 0 Å². The Morgan fingerprint density at radius 2 is 1.67 bits per heavy atom. The number of hydrogen-bond acceptors (Lipinski definition) is 6. The van der Waals surface area contributed by atoms with Crippen molar-refractivity contribution < 1.29 is 24.2 Å². The summed E-state index contributed by atoms with van der Waals surface area (Å²) in [4.78, 5) is 53.2. The zero-order valence-electron chi connectivity index (χ0n) is 16.0. The molecule has 0 bridgehead atoms. The summed E-state index contributed by atoms with van der Waals surface area (Å²) >= 11 is 0. The number of esters is 1. The third-order valence-electron chi connectivity index (χ3n) is 5.24. The molecule has 150 valence electrons. The number of allylic oxidation sites excluding steroid dienone is 1. The van der Waals surface area contributed by atoms with Crippen LogP contribution in [-0.2, 0) is 14.3 Å². The predicted octanol–water partition coefficient (Wildman–Crippen LogP) is 2.91. The summed E-state index contributed by atoms with van der Waals surface area (Å²) in [7, 11) is 1.18. The quantitative estimate of drug-likeness (QED) is 0.512. The number of Topliss-reactive ketones (excluding diaryl/α,β-unsaturated/α-hetero) is 2. The number of aromatic nitrogens is 1. The minimum atomic E-state index is -1.16. The Balaban J connectivity index is 1.98. The van der Waals surface area contributed by atoms with Gasteiger partial charge in [0.2, 0.25) is 11.6 Å². The zero-order chi connectivity index (χ0) is 21.4. The molecule has 0 radical (unpaired) electrons. The Morgan fingerprint density at radius 1 is 1.00 bits per heavy atom. The Labute approximate surface area is 170 Å². The third kappa shape index (κ3) is 3.10. The number of aliphatic hydroxyl groups excluding tert-OH is 1. The normalized spacial score (nSPS) is 14.6. The van der Waals surface area contributed by atoms with E-state index >= 15 is 0 Å². The van der Waals surface area contributed by atoms with E-state index in [1.54, 1.807) is 42.5 Å². The SMILES string of the molecule is COC(=O)C[C@@H](C1=C(O)c2ccccc2C(=O)C1=O)c1cc2ccccc2[nH]c1=O. The van der Waals surface area contributed by atoms with Crippen molar-refractivity contribution in [3.63, 3.8) is 0 Å². The van der Waals surface area contributed by atoms with Crippen molar-refractivity contribution in [2.45, 2.75) is 12.3 Å². The molecule has 0 saturated heterocycles. The molecule has 0 unspecified atom stereocenters. The van der Waals surface area contributed by atoms with Crippen molar-refractivity contribution >= 4 is 34.2 Å². The van der Waals surface area contributed by atoms with Crippen LogP contribution in [0.25, 0.3) is 16.7 Å². The average Bonchev–Trinajstić information content (AvgIpc) is 2.76. The van der Waals surface area contributed by atoms with Gasteiger partial charge in [0.05, 0.1) is 19.1 Å². The molecule has 1 aromatic heterocycles. The molecule has 1 atom stereocenters. The van der Waals surface area contributed by atoms with Gasteiger partial charge < -0.3 is 14.8 Å². The molecule has 7 nitrogen and oxygen atoms in total. The van der Waals surface area contributed by atoms with E-state index in [1.807, 2.05) is 0 Å². The van der Waals surface area contributed by atoms with Crippen LogP contribution in [0.2, 0.25) is 0 Å². The summed E-state index contributed by atoms with van der Waals surface area (Å²) in [5.41, 5.74) is 0.114. The van der Waals surface area contributed by atoms with Gasteiger partial charge in [-0.1, -0.05) is 42.5 Å². The minimum absolute atomic E-state index is 0.0768. The van der Waals surface area contributed by atoms with Gasteiger partial charge in [-0.25, -0.2) is 0 Å². The number of ether oxygens (including phenoxy) is 1. The molecule has 0 saturated carbocycles. The first-order chi connectivity index (χ1) is 14.4. The number of benzene rings is 2. The van der Waals surface area contributed by atoms with Crippen LogP contribution in [0.5, 0.6) is 0 Å². The van der Waals surface area contributed by atoms with E-state index in [-0.39, 0.29) is 22.3 Å². The summed E-state index contributed by atoms with van der Waals surface area (Å²) in [6.07, 6.45) is -0.390. The number of aromatic amines is 1. The number of fused-ring (bicyclic) bond motifs is 2. The zero-order valence-corrected chi connectivity index (χ0v) is 16.0. The first kappa shape index (κ1) is 19.3. The maximum Gasteiger partial charge on any atom is 0.306 e. The molecule has 30 heavy (non-hydrogen) atoms. The van der Waals surface area contributed by atoms with Gasteiger partial charge in [0, 0.05) is 28.1 Å². The average molecular weight is 403 g/mol. The van der Waals surface area contributed by atoms with Crippen LogP contribution in [-0.4, -0.2) is 34.7 Å². The Bertz CT molecular complexity index is 1300. The van der Waals surface area contributed by atoms with E-state index in [0.29, 0.717) is 10.9 Å². The summed E-state index contributed by atoms with van der Waals surface area (Å²) in [6.45, 7) is 0. The number of nitrogens with one attached hydrogen (secondary N) is 1. The van der Waals surface area contributed by atoms with Gasteiger partial charge in [0.1, 0.15) is 5.76 Å². The van der Waals surface area contributed by atoms with Crippen LogP contribution in [0.15, 0.2) is 65.0 Å². The predicted molar refractivity (Wildman–Crippen MR) is 109 cm³/mol. The number of carbonyl (C=O) groups is 3. The van der Waals surface area contributed by atoms with Gasteiger partial charge in [-0.05, 0) is 17.5 Å². The molecule has 3 aromatic rings. The number of aliphatic hydroxyl groups is 1. The van der Waals surface area contributed by atoms with Crippen molar-refractivity contribution in [2.75, 3.05) is 7.11 Å². The van der Waals surface area contributed by atoms with Crippen molar-refractivity contribution in [3.8, 4) is 0 Å². The number of H-pyrrole nitrogens is 1. The van der Waals surface area contributed by atoms with Crippen LogP contribution < -0.4 is 5.56 Å². The van der Waals surface area contributed by atoms with Gasteiger partial charge in [-0.3, -0.25) is 19.2 Å². The van der Waals surface area contributed by atoms with Crippen molar-refractivity contribution in [1.29, 1.82) is 0 Å². The monoisotopic (exact) mass is 403 g/mol. The first-order valence-electron chi connectivity index (χ1n) is 9.22. The lowest BCUT2D eigenvalue weighted by Crippen LogP contribution is -2.30. The van der Waals surface area contributed by atoms with Gasteiger partial charge in [-0.2, -0.15) is 0 Å². The number of rotatable bonds is 4. The lowest BCUT2D eigenvalue weighted by Gasteiger charge is -2.24. The smallest absolute Gasteiger partial charge is 0.306 e. The van der Waals surface area contributed by atoms with Crippen LogP contribution >= 0.6 is 0 Å². The van der Waals surface area contributed by atoms with Gasteiger partial charge in [0.15, 0.2) is 0 Å². The fourth-order valence-electron chi connectivity index (χ4n) is 3.75. The molecule has 2 aromatic carbocycles. The van der Waals surface area contributed by atoms with E-state index in [9.17, 15) is 24.3 Å². The molecule has 1 aliphatic rings. The third-order valence-corrected chi connectivity index (χ3v) is 5.24. The van der Waals surface area contributed by atoms with Gasteiger partial charge in [0.25, 0.3) is 5.56 Å². The number of hydrogen-bond donors (Lipinski definition) is 2. The number of para-hydroxylation sites is 1. The highest BCUT2D eigenvalue weighted by Crippen LogP contribution is 2.37. The molecule has 1 aliphatic carbocycles. The highest BCUT2D eigenvalue weighted by atomic mass is 16.5. The maximum atomic E-state index is 12.9. The lowest BCUT2D eigenvalue weighted by atomic mass is 9.78. The summed E-state index contributed by atoms with van der Waals surface area (Å²) in [5.74, 6) is -4.02. The maximum absolute atomic E-state index is 12.9. The second kappa shape index (κ2) is 7.44. The molecule has 2 N–H and O–H groups in total. The molecule has 0 fully saturated rings. The Kier molecular flexibility index (Phi) is 4.79. The van der Waals surface area contributed by atoms with Crippen LogP contribution in [0, 0.1) is 0 Å². The largest absolute Gasteiger partial charge is 0.507 e. The molecular weight excluding hydrogens is 386 g/mol. The van der Waals surface area contributed by atoms with Crippen LogP contribution in [0.3, 0.4) is 0 Å². The van der Waals surface area contributed by atoms with Crippen molar-refractivity contribution in [3.05, 3.63) is 87.2 Å². The highest BCUT2D eigenvalue weighted by Gasteiger charge is 2.39. The second-order valence-electron chi connectivity index (χ2n) is 6.94. The Morgan fingerprint density at radius 3 is 2.40 bits per heavy atom. The van der Waals surface area contributed by atoms with Crippen LogP contribution in [0.4, 0.5) is 0 Å². The lowest BCUT2D eigenvalue weighted by molar-refractivity contribution is -0.140. The van der Waals surface area contributed by atoms with Crippen LogP contribution in [0.1, 0.15) is 33.8 Å². The standard InChI is InChI=1S/C23H17NO6/c1-30-18(25)11-15(16-10-12-6-2-5-9-17(12)24-23(16)29)19-20(26)13-7-3-4-8-14(13)21(27)22(19)28/h2-10,15,26H,11H2,1H3,(H,24,29)/t15-/m1/s1. The number of methoxy groups -OCH3 is 1. The van der Waals surface area contributed by atoms with E-state index in [1.165, 1.54) is 19.2 Å². The summed E-state index contributed by atoms with van der Waals surface area (Å²) in [6, 6.07) is 14.7. The topological polar surface area (TPSA) is 114 Å². The molecular formula is C23H17NO6. The Hall–Kier alpha value is -4.00. The van der Waals surface area contributed by atoms with E-state index in [4.69, 9.17) is 4.74 Å². The number of carbonyl (C=O) groups excluding carboxylic acids is 3. The van der Waals surface area contributed by atoms with Crippen molar-refractivity contribution in [1.82, 2.24) is 4.98 Å². The molecule has 4 rings (SSSR count). The number of pyridine rings is 1. The van der Waals surface area contributed by atoms with Gasteiger partial charge in [-0.15, -0.1) is 0 Å². The first-order valence-corrected chi connectivity index (χ1v) is 9.22. The van der Waals surface area contributed by atoms with Crippen molar-refractivity contribution in [2.24, 2.45) is 0 Å². The molecule has 0 spiro atoms. The summed E-state index contributed by atoms with van der Waals surface area (Å²) in [5, 5.41) is 11.6. The molecule has 0 amide bonds. The number of ketones is 2. The van der Waals surface area contributed by atoms with Gasteiger partial charge >= 0.3 is 5.97 Å². The van der Waals surface area contributed by atoms with E-state index < -0.39 is 41.2 Å². The molecule has 7 heteroatoms. The summed E-state index contributed by atoms with van der Waals surface area (Å²) < 4.78 is 4.74. The fourth-order valence-corrected chi connectivity index (χ4v) is 3.75. The van der Waals surface area contributed by atoms with E-state index in [2.05, 4.69) is 4.98 Å². The minimum Gasteiger partial charge on any atom is -0.507 e. The highest BCUT2D eigenvalue weighted by molar-refractivity contribution is 6.52. The molecule has 1 heterocycles. The second-order valence-corrected chi connectivity index (χ2v) is 6.94.